The lowest BCUT2D eigenvalue weighted by Gasteiger charge is -2.15. The molecule has 0 atom stereocenters. The highest BCUT2D eigenvalue weighted by atomic mass is 32.1. The first-order valence-electron chi connectivity index (χ1n) is 5.97. The van der Waals surface area contributed by atoms with Crippen LogP contribution in [0.3, 0.4) is 0 Å². The summed E-state index contributed by atoms with van der Waals surface area (Å²) >= 11 is 1.49. The summed E-state index contributed by atoms with van der Waals surface area (Å²) in [5.41, 5.74) is 1.54. The number of aromatic nitrogens is 1. The molecule has 0 N–H and O–H groups in total. The third-order valence-electron chi connectivity index (χ3n) is 2.70. The monoisotopic (exact) mass is 259 g/mol. The molecule has 0 aliphatic heterocycles. The van der Waals surface area contributed by atoms with Gasteiger partial charge in [-0.3, -0.25) is 4.79 Å². The van der Waals surface area contributed by atoms with E-state index in [4.69, 9.17) is 0 Å². The molecule has 1 heterocycles. The van der Waals surface area contributed by atoms with Gasteiger partial charge in [0.25, 0.3) is 0 Å². The lowest BCUT2D eigenvalue weighted by molar-refractivity contribution is 0.0862. The normalized spacial score (nSPS) is 11.6. The summed E-state index contributed by atoms with van der Waals surface area (Å²) in [5.74, 6) is 0.166. The smallest absolute Gasteiger partial charge is 0.180 e. The fraction of sp³-hybridized carbons (Fsp3) is 0.333. The van der Waals surface area contributed by atoms with Gasteiger partial charge < -0.3 is 0 Å². The summed E-state index contributed by atoms with van der Waals surface area (Å²) in [6, 6.07) is 9.98. The molecule has 1 aromatic carbocycles. The summed E-state index contributed by atoms with van der Waals surface area (Å²) in [6.45, 7) is 7.73. The first-order valence-corrected chi connectivity index (χ1v) is 6.79. The molecule has 0 saturated heterocycles. The number of rotatable bonds is 2. The van der Waals surface area contributed by atoms with Gasteiger partial charge in [-0.05, 0) is 6.92 Å². The topological polar surface area (TPSA) is 30.0 Å². The van der Waals surface area contributed by atoms with Crippen molar-refractivity contribution < 1.29 is 4.79 Å². The predicted molar refractivity (Wildman–Crippen MR) is 76.1 cm³/mol. The van der Waals surface area contributed by atoms with E-state index in [1.807, 2.05) is 58.0 Å². The number of hydrogen-bond donors (Lipinski definition) is 0. The average Bonchev–Trinajstić information content (AvgIpc) is 2.70. The zero-order chi connectivity index (χ0) is 13.3. The van der Waals surface area contributed by atoms with E-state index >= 15 is 0 Å². The molecule has 0 fully saturated rings. The van der Waals surface area contributed by atoms with E-state index in [1.165, 1.54) is 11.3 Å². The Balaban J connectivity index is 2.43. The minimum absolute atomic E-state index is 0.166. The maximum atomic E-state index is 12.3. The van der Waals surface area contributed by atoms with Gasteiger partial charge in [0.1, 0.15) is 5.01 Å². The van der Waals surface area contributed by atoms with Crippen molar-refractivity contribution in [2.45, 2.75) is 27.7 Å². The number of ketones is 1. The van der Waals surface area contributed by atoms with E-state index in [-0.39, 0.29) is 11.2 Å². The Morgan fingerprint density at radius 2 is 1.78 bits per heavy atom. The molecule has 0 amide bonds. The summed E-state index contributed by atoms with van der Waals surface area (Å²) in [6.07, 6.45) is 0. The molecule has 2 nitrogen and oxygen atoms in total. The molecule has 1 aromatic heterocycles. The highest BCUT2D eigenvalue weighted by Crippen LogP contribution is 2.32. The van der Waals surface area contributed by atoms with E-state index < -0.39 is 0 Å². The number of carbonyl (C=O) groups excluding carboxylic acids is 1. The summed E-state index contributed by atoms with van der Waals surface area (Å²) in [7, 11) is 0. The van der Waals surface area contributed by atoms with E-state index in [9.17, 15) is 4.79 Å². The van der Waals surface area contributed by atoms with Gasteiger partial charge in [0.15, 0.2) is 5.78 Å². The maximum absolute atomic E-state index is 12.3. The zero-order valence-corrected chi connectivity index (χ0v) is 12.0. The van der Waals surface area contributed by atoms with Crippen LogP contribution in [0, 0.1) is 12.3 Å². The molecule has 0 unspecified atom stereocenters. The largest absolute Gasteiger partial charge is 0.293 e. The Hall–Kier alpha value is -1.48. The van der Waals surface area contributed by atoms with E-state index in [0.29, 0.717) is 0 Å². The Kier molecular flexibility index (Phi) is 3.35. The van der Waals surface area contributed by atoms with Crippen molar-refractivity contribution in [3.63, 3.8) is 0 Å². The first kappa shape index (κ1) is 13.0. The van der Waals surface area contributed by atoms with Gasteiger partial charge in [-0.15, -0.1) is 11.3 Å². The highest BCUT2D eigenvalue weighted by molar-refractivity contribution is 7.17. The minimum Gasteiger partial charge on any atom is -0.293 e. The zero-order valence-electron chi connectivity index (χ0n) is 11.2. The molecule has 94 valence electrons. The Morgan fingerprint density at radius 1 is 1.17 bits per heavy atom. The quantitative estimate of drug-likeness (QED) is 0.751. The van der Waals surface area contributed by atoms with Crippen LogP contribution in [0.2, 0.25) is 0 Å². The molecule has 0 aliphatic rings. The Labute approximate surface area is 112 Å². The van der Waals surface area contributed by atoms with Crippen LogP contribution < -0.4 is 0 Å². The van der Waals surface area contributed by atoms with Gasteiger partial charge in [0.2, 0.25) is 0 Å². The summed E-state index contributed by atoms with van der Waals surface area (Å²) < 4.78 is 0. The van der Waals surface area contributed by atoms with Crippen molar-refractivity contribution in [3.05, 3.63) is 40.9 Å². The van der Waals surface area contributed by atoms with Crippen LogP contribution in [-0.2, 0) is 0 Å². The number of nitrogens with zero attached hydrogens (tertiary/aromatic N) is 1. The third-order valence-corrected chi connectivity index (χ3v) is 3.91. The third kappa shape index (κ3) is 2.51. The van der Waals surface area contributed by atoms with Gasteiger partial charge in [0.05, 0.1) is 10.6 Å². The van der Waals surface area contributed by atoms with Crippen molar-refractivity contribution in [2.75, 3.05) is 0 Å². The second kappa shape index (κ2) is 4.65. The number of Topliss-reactive ketones (excluding diaryl/α,β-unsaturated/α-hetero) is 1. The number of thiazole rings is 1. The van der Waals surface area contributed by atoms with Crippen molar-refractivity contribution >= 4 is 17.1 Å². The van der Waals surface area contributed by atoms with Gasteiger partial charge in [-0.25, -0.2) is 4.98 Å². The first-order chi connectivity index (χ1) is 8.39. The molecular weight excluding hydrogens is 242 g/mol. The van der Waals surface area contributed by atoms with Crippen LogP contribution in [0.1, 0.15) is 36.1 Å². The van der Waals surface area contributed by atoms with Crippen molar-refractivity contribution in [1.29, 1.82) is 0 Å². The SMILES string of the molecule is Cc1nc(-c2ccccc2)sc1C(=O)C(C)(C)C. The molecule has 3 heteroatoms. The minimum atomic E-state index is -0.356. The second-order valence-corrected chi connectivity index (χ2v) is 6.38. The Bertz CT molecular complexity index is 564. The number of aryl methyl sites for hydroxylation is 1. The fourth-order valence-corrected chi connectivity index (χ4v) is 2.87. The van der Waals surface area contributed by atoms with Crippen LogP contribution in [0.5, 0.6) is 0 Å². The average molecular weight is 259 g/mol. The van der Waals surface area contributed by atoms with Gasteiger partial charge >= 0.3 is 0 Å². The molecule has 0 spiro atoms. The van der Waals surface area contributed by atoms with E-state index in [1.54, 1.807) is 0 Å². The van der Waals surface area contributed by atoms with Crippen LogP contribution in [0.4, 0.5) is 0 Å². The number of hydrogen-bond acceptors (Lipinski definition) is 3. The van der Waals surface area contributed by atoms with Crippen LogP contribution in [0.15, 0.2) is 30.3 Å². The number of benzene rings is 1. The Morgan fingerprint density at radius 3 is 2.33 bits per heavy atom. The molecule has 0 saturated carbocycles. The van der Waals surface area contributed by atoms with Crippen LogP contribution in [-0.4, -0.2) is 10.8 Å². The molecule has 18 heavy (non-hydrogen) atoms. The van der Waals surface area contributed by atoms with Crippen molar-refractivity contribution in [3.8, 4) is 10.6 Å². The van der Waals surface area contributed by atoms with Gasteiger partial charge in [0, 0.05) is 11.0 Å². The molecule has 0 bridgehead atoms. The summed E-state index contributed by atoms with van der Waals surface area (Å²) in [4.78, 5) is 17.6. The number of carbonyl (C=O) groups is 1. The molecule has 2 rings (SSSR count). The van der Waals surface area contributed by atoms with Crippen molar-refractivity contribution in [2.24, 2.45) is 5.41 Å². The highest BCUT2D eigenvalue weighted by Gasteiger charge is 2.27. The van der Waals surface area contributed by atoms with Crippen molar-refractivity contribution in [1.82, 2.24) is 4.98 Å². The van der Waals surface area contributed by atoms with E-state index in [2.05, 4.69) is 4.98 Å². The summed E-state index contributed by atoms with van der Waals surface area (Å²) in [5, 5.41) is 0.917. The molecule has 0 radical (unpaired) electrons. The van der Waals surface area contributed by atoms with Crippen LogP contribution >= 0.6 is 11.3 Å². The maximum Gasteiger partial charge on any atom is 0.180 e. The lowest BCUT2D eigenvalue weighted by Crippen LogP contribution is -2.19. The molecule has 0 aliphatic carbocycles. The molecule has 2 aromatic rings. The standard InChI is InChI=1S/C15H17NOS/c1-10-12(13(17)15(2,3)4)18-14(16-10)11-8-6-5-7-9-11/h5-9H,1-4H3. The van der Waals surface area contributed by atoms with E-state index in [0.717, 1.165) is 21.1 Å². The van der Waals surface area contributed by atoms with Crippen LogP contribution in [0.25, 0.3) is 10.6 Å². The van der Waals surface area contributed by atoms with Gasteiger partial charge in [-0.1, -0.05) is 51.1 Å². The molecular formula is C15H17NOS. The van der Waals surface area contributed by atoms with Gasteiger partial charge in [-0.2, -0.15) is 0 Å². The predicted octanol–water partition coefficient (Wildman–Crippen LogP) is 4.35. The fourth-order valence-electron chi connectivity index (χ4n) is 1.65. The second-order valence-electron chi connectivity index (χ2n) is 5.38. The lowest BCUT2D eigenvalue weighted by atomic mass is 9.89.